The minimum atomic E-state index is -0.228. The molecule has 2 amide bonds. The van der Waals surface area contributed by atoms with E-state index in [0.717, 1.165) is 18.8 Å². The molecule has 2 aliphatic heterocycles. The van der Waals surface area contributed by atoms with E-state index < -0.39 is 0 Å². The molecule has 3 rings (SSSR count). The lowest BCUT2D eigenvalue weighted by molar-refractivity contribution is -0.926. The molecule has 1 unspecified atom stereocenters. The van der Waals surface area contributed by atoms with Crippen LogP contribution in [-0.4, -0.2) is 37.6 Å². The van der Waals surface area contributed by atoms with E-state index in [1.54, 1.807) is 12.1 Å². The van der Waals surface area contributed by atoms with Gasteiger partial charge in [-0.15, -0.1) is 0 Å². The normalized spacial score (nSPS) is 30.7. The number of nitrogens with one attached hydrogen (secondary N) is 1. The Balaban J connectivity index is 1.76. The summed E-state index contributed by atoms with van der Waals surface area (Å²) in [5.74, 6) is 1.81. The molecule has 2 saturated heterocycles. The quantitative estimate of drug-likeness (QED) is 0.846. The fourth-order valence-electron chi connectivity index (χ4n) is 4.20. The van der Waals surface area contributed by atoms with Crippen LogP contribution in [0.25, 0.3) is 0 Å². The average Bonchev–Trinajstić information content (AvgIpc) is 2.83. The third-order valence-corrected chi connectivity index (χ3v) is 5.07. The van der Waals surface area contributed by atoms with Gasteiger partial charge in [-0.05, 0) is 37.6 Å². The van der Waals surface area contributed by atoms with Gasteiger partial charge in [0.2, 0.25) is 5.91 Å². The SMILES string of the molecule is CCOc1ccc(N2C(=O)C[C@@H]([NH+]3C[C@H](C)C[C@H](C)C3)C2=O)cc1. The Morgan fingerprint density at radius 2 is 1.75 bits per heavy atom. The van der Waals surface area contributed by atoms with Gasteiger partial charge < -0.3 is 9.64 Å². The van der Waals surface area contributed by atoms with Gasteiger partial charge in [0.05, 0.1) is 31.8 Å². The highest BCUT2D eigenvalue weighted by atomic mass is 16.5. The number of quaternary nitrogens is 1. The Bertz CT molecular complexity index is 604. The molecule has 2 heterocycles. The molecule has 24 heavy (non-hydrogen) atoms. The van der Waals surface area contributed by atoms with Crippen molar-refractivity contribution in [1.29, 1.82) is 0 Å². The van der Waals surface area contributed by atoms with Gasteiger partial charge in [0.15, 0.2) is 6.04 Å². The number of ether oxygens (including phenoxy) is 1. The highest BCUT2D eigenvalue weighted by Crippen LogP contribution is 2.25. The van der Waals surface area contributed by atoms with Crippen molar-refractivity contribution in [1.82, 2.24) is 0 Å². The van der Waals surface area contributed by atoms with Gasteiger partial charge in [-0.2, -0.15) is 0 Å². The number of hydrogen-bond acceptors (Lipinski definition) is 3. The largest absolute Gasteiger partial charge is 0.494 e. The van der Waals surface area contributed by atoms with E-state index in [9.17, 15) is 9.59 Å². The first-order valence-electron chi connectivity index (χ1n) is 8.93. The van der Waals surface area contributed by atoms with Crippen molar-refractivity contribution in [2.45, 2.75) is 39.7 Å². The maximum absolute atomic E-state index is 12.9. The molecule has 1 aromatic carbocycles. The first-order chi connectivity index (χ1) is 11.5. The van der Waals surface area contributed by atoms with Crippen LogP contribution in [0.2, 0.25) is 0 Å². The summed E-state index contributed by atoms with van der Waals surface area (Å²) >= 11 is 0. The summed E-state index contributed by atoms with van der Waals surface area (Å²) in [5.41, 5.74) is 0.647. The number of hydrogen-bond donors (Lipinski definition) is 1. The summed E-state index contributed by atoms with van der Waals surface area (Å²) < 4.78 is 5.42. The Kier molecular flexibility index (Phi) is 4.90. The second kappa shape index (κ2) is 6.93. The van der Waals surface area contributed by atoms with Gasteiger partial charge in [-0.3, -0.25) is 9.59 Å². The number of imide groups is 1. The topological polar surface area (TPSA) is 51.0 Å². The molecule has 5 nitrogen and oxygen atoms in total. The van der Waals surface area contributed by atoms with Crippen molar-refractivity contribution < 1.29 is 19.2 Å². The van der Waals surface area contributed by atoms with Crippen LogP contribution >= 0.6 is 0 Å². The van der Waals surface area contributed by atoms with Crippen molar-refractivity contribution >= 4 is 17.5 Å². The van der Waals surface area contributed by atoms with Gasteiger partial charge >= 0.3 is 0 Å². The molecule has 4 atom stereocenters. The lowest BCUT2D eigenvalue weighted by Gasteiger charge is -2.34. The van der Waals surface area contributed by atoms with Crippen LogP contribution in [0, 0.1) is 11.8 Å². The number of rotatable bonds is 4. The predicted molar refractivity (Wildman–Crippen MR) is 92.2 cm³/mol. The van der Waals surface area contributed by atoms with E-state index in [2.05, 4.69) is 13.8 Å². The minimum Gasteiger partial charge on any atom is -0.494 e. The van der Waals surface area contributed by atoms with Gasteiger partial charge in [-0.25, -0.2) is 4.90 Å². The summed E-state index contributed by atoms with van der Waals surface area (Å²) in [5, 5.41) is 0. The molecular formula is C19H27N2O3+. The number of amides is 2. The van der Waals surface area contributed by atoms with Crippen molar-refractivity contribution in [3.8, 4) is 5.75 Å². The monoisotopic (exact) mass is 331 g/mol. The molecule has 1 aromatic rings. The molecule has 130 valence electrons. The fraction of sp³-hybridized carbons (Fsp3) is 0.579. The second-order valence-corrected chi connectivity index (χ2v) is 7.26. The van der Waals surface area contributed by atoms with Crippen LogP contribution in [0.5, 0.6) is 5.75 Å². The Morgan fingerprint density at radius 3 is 2.33 bits per heavy atom. The number of likely N-dealkylation sites (tertiary alicyclic amines) is 1. The van der Waals surface area contributed by atoms with E-state index >= 15 is 0 Å². The zero-order valence-corrected chi connectivity index (χ0v) is 14.7. The second-order valence-electron chi connectivity index (χ2n) is 7.26. The summed E-state index contributed by atoms with van der Waals surface area (Å²) in [7, 11) is 0. The molecule has 0 aliphatic carbocycles. The number of piperidine rings is 1. The van der Waals surface area contributed by atoms with Crippen LogP contribution in [0.3, 0.4) is 0 Å². The Hall–Kier alpha value is -1.88. The molecule has 5 heteroatoms. The zero-order chi connectivity index (χ0) is 17.3. The maximum Gasteiger partial charge on any atom is 0.292 e. The molecule has 0 spiro atoms. The van der Waals surface area contributed by atoms with E-state index in [4.69, 9.17) is 4.74 Å². The lowest BCUT2D eigenvalue weighted by Crippen LogP contribution is -3.18. The summed E-state index contributed by atoms with van der Waals surface area (Å²) in [6, 6.07) is 6.98. The number of anilines is 1. The van der Waals surface area contributed by atoms with Crippen molar-refractivity contribution in [3.63, 3.8) is 0 Å². The molecule has 1 N–H and O–H groups in total. The van der Waals surface area contributed by atoms with Crippen molar-refractivity contribution in [3.05, 3.63) is 24.3 Å². The van der Waals surface area contributed by atoms with E-state index in [1.807, 2.05) is 19.1 Å². The van der Waals surface area contributed by atoms with Crippen LogP contribution in [0.15, 0.2) is 24.3 Å². The number of carbonyl (C=O) groups is 2. The summed E-state index contributed by atoms with van der Waals surface area (Å²) in [4.78, 5) is 28.0. The summed E-state index contributed by atoms with van der Waals surface area (Å²) in [6.45, 7) is 8.95. The molecule has 2 fully saturated rings. The van der Waals surface area contributed by atoms with Crippen LogP contribution in [-0.2, 0) is 9.59 Å². The van der Waals surface area contributed by atoms with E-state index in [-0.39, 0.29) is 17.9 Å². The molecule has 2 aliphatic rings. The fourth-order valence-corrected chi connectivity index (χ4v) is 4.20. The highest BCUT2D eigenvalue weighted by molar-refractivity contribution is 6.21. The number of benzene rings is 1. The van der Waals surface area contributed by atoms with Crippen molar-refractivity contribution in [2.75, 3.05) is 24.6 Å². The maximum atomic E-state index is 12.9. The predicted octanol–water partition coefficient (Wildman–Crippen LogP) is 1.28. The lowest BCUT2D eigenvalue weighted by atomic mass is 9.90. The third kappa shape index (κ3) is 3.31. The van der Waals surface area contributed by atoms with Crippen molar-refractivity contribution in [2.24, 2.45) is 11.8 Å². The Morgan fingerprint density at radius 1 is 1.12 bits per heavy atom. The number of carbonyl (C=O) groups excluding carboxylic acids is 2. The molecule has 0 aromatic heterocycles. The number of nitrogens with zero attached hydrogens (tertiary/aromatic N) is 1. The highest BCUT2D eigenvalue weighted by Gasteiger charge is 2.47. The smallest absolute Gasteiger partial charge is 0.292 e. The van der Waals surface area contributed by atoms with Crippen LogP contribution in [0.1, 0.15) is 33.6 Å². The molecular weight excluding hydrogens is 304 g/mol. The third-order valence-electron chi connectivity index (χ3n) is 5.07. The van der Waals surface area contributed by atoms with Gasteiger partial charge in [0, 0.05) is 11.8 Å². The standard InChI is InChI=1S/C19H26N2O3/c1-4-24-16-7-5-15(6-8-16)21-18(22)10-17(19(21)23)20-11-13(2)9-14(3)12-20/h5-8,13-14,17H,4,9-12H2,1-3H3/p+1/t13-,14+,17-/m1/s1. The zero-order valence-electron chi connectivity index (χ0n) is 14.7. The first-order valence-corrected chi connectivity index (χ1v) is 8.93. The minimum absolute atomic E-state index is 0.0551. The van der Waals surface area contributed by atoms with Gasteiger partial charge in [-0.1, -0.05) is 13.8 Å². The van der Waals surface area contributed by atoms with Gasteiger partial charge in [0.1, 0.15) is 5.75 Å². The molecule has 0 saturated carbocycles. The average molecular weight is 331 g/mol. The summed E-state index contributed by atoms with van der Waals surface area (Å²) in [6.07, 6.45) is 1.53. The first kappa shape index (κ1) is 17.0. The van der Waals surface area contributed by atoms with E-state index in [1.165, 1.54) is 16.2 Å². The van der Waals surface area contributed by atoms with Crippen LogP contribution in [0.4, 0.5) is 5.69 Å². The Labute approximate surface area is 143 Å². The molecule has 0 bridgehead atoms. The van der Waals surface area contributed by atoms with Crippen LogP contribution < -0.4 is 14.5 Å². The molecule has 0 radical (unpaired) electrons. The van der Waals surface area contributed by atoms with Gasteiger partial charge in [0.25, 0.3) is 5.91 Å². The van der Waals surface area contributed by atoms with E-state index in [0.29, 0.717) is 30.6 Å².